The molecule has 116 valence electrons. The Morgan fingerprint density at radius 1 is 1.48 bits per heavy atom. The van der Waals surface area contributed by atoms with E-state index in [0.29, 0.717) is 11.3 Å². The summed E-state index contributed by atoms with van der Waals surface area (Å²) >= 11 is 1.70. The van der Waals surface area contributed by atoms with Crippen molar-refractivity contribution >= 4 is 23.5 Å². The van der Waals surface area contributed by atoms with Crippen LogP contribution in [-0.4, -0.2) is 41.6 Å². The molecule has 0 aliphatic carbocycles. The van der Waals surface area contributed by atoms with Gasteiger partial charge in [-0.25, -0.2) is 0 Å². The average Bonchev–Trinajstić information content (AvgIpc) is 2.52. The van der Waals surface area contributed by atoms with Gasteiger partial charge in [0.1, 0.15) is 5.75 Å². The molecule has 7 heteroatoms. The Kier molecular flexibility index (Phi) is 7.45. The molecule has 0 fully saturated rings. The molecule has 0 spiro atoms. The second kappa shape index (κ2) is 9.12. The largest absolute Gasteiger partial charge is 0.484 e. The minimum atomic E-state index is -0.142. The van der Waals surface area contributed by atoms with Crippen LogP contribution in [0.15, 0.2) is 29.4 Å². The van der Waals surface area contributed by atoms with Gasteiger partial charge in [-0.2, -0.15) is 11.8 Å². The van der Waals surface area contributed by atoms with Crippen LogP contribution in [0, 0.1) is 0 Å². The number of oxime groups is 1. The lowest BCUT2D eigenvalue weighted by molar-refractivity contribution is -0.123. The molecule has 1 atom stereocenters. The molecule has 0 aromatic heterocycles. The zero-order valence-corrected chi connectivity index (χ0v) is 13.0. The number of nitrogens with one attached hydrogen (secondary N) is 1. The Hall–Kier alpha value is -1.89. The highest BCUT2D eigenvalue weighted by Crippen LogP contribution is 2.12. The van der Waals surface area contributed by atoms with Crippen LogP contribution in [0.2, 0.25) is 0 Å². The fourth-order valence-electron chi connectivity index (χ4n) is 1.66. The zero-order chi connectivity index (χ0) is 15.7. The van der Waals surface area contributed by atoms with Gasteiger partial charge in [0, 0.05) is 17.4 Å². The van der Waals surface area contributed by atoms with Crippen molar-refractivity contribution < 1.29 is 14.7 Å². The molecule has 6 nitrogen and oxygen atoms in total. The van der Waals surface area contributed by atoms with E-state index in [2.05, 4.69) is 10.5 Å². The molecule has 0 aliphatic heterocycles. The van der Waals surface area contributed by atoms with Gasteiger partial charge < -0.3 is 21.0 Å². The summed E-state index contributed by atoms with van der Waals surface area (Å²) in [6, 6.07) is 6.81. The highest BCUT2D eigenvalue weighted by atomic mass is 32.2. The van der Waals surface area contributed by atoms with E-state index in [-0.39, 0.29) is 24.4 Å². The highest BCUT2D eigenvalue weighted by Gasteiger charge is 2.10. The van der Waals surface area contributed by atoms with Crippen molar-refractivity contribution in [2.45, 2.75) is 19.4 Å². The number of thioether (sulfide) groups is 1. The number of ether oxygens (including phenoxy) is 1. The van der Waals surface area contributed by atoms with Gasteiger partial charge in [-0.3, -0.25) is 4.79 Å². The number of carbonyl (C=O) groups is 1. The molecule has 1 amide bonds. The van der Waals surface area contributed by atoms with E-state index in [1.54, 1.807) is 36.0 Å². The normalized spacial score (nSPS) is 12.8. The van der Waals surface area contributed by atoms with Crippen molar-refractivity contribution in [3.8, 4) is 5.75 Å². The van der Waals surface area contributed by atoms with Crippen molar-refractivity contribution in [1.82, 2.24) is 5.32 Å². The smallest absolute Gasteiger partial charge is 0.258 e. The molecular weight excluding hydrogens is 290 g/mol. The second-order valence-electron chi connectivity index (χ2n) is 4.43. The predicted octanol–water partition coefficient (Wildman–Crippen LogP) is 1.42. The molecule has 4 N–H and O–H groups in total. The first-order valence-electron chi connectivity index (χ1n) is 6.59. The van der Waals surface area contributed by atoms with Crippen LogP contribution in [0.3, 0.4) is 0 Å². The van der Waals surface area contributed by atoms with Crippen LogP contribution in [0.5, 0.6) is 5.75 Å². The molecule has 0 heterocycles. The number of rotatable bonds is 8. The maximum atomic E-state index is 11.8. The lowest BCUT2D eigenvalue weighted by Crippen LogP contribution is -2.39. The Labute approximate surface area is 128 Å². The summed E-state index contributed by atoms with van der Waals surface area (Å²) in [4.78, 5) is 11.8. The Bertz CT molecular complexity index is 477. The fraction of sp³-hybridized carbons (Fsp3) is 0.429. The van der Waals surface area contributed by atoms with Gasteiger partial charge in [0.15, 0.2) is 12.4 Å². The Morgan fingerprint density at radius 3 is 2.67 bits per heavy atom. The van der Waals surface area contributed by atoms with E-state index in [0.717, 1.165) is 12.2 Å². The summed E-state index contributed by atoms with van der Waals surface area (Å²) in [6.07, 6.45) is 2.90. The fourth-order valence-corrected chi connectivity index (χ4v) is 2.38. The third-order valence-electron chi connectivity index (χ3n) is 2.85. The summed E-state index contributed by atoms with van der Waals surface area (Å²) in [5, 5.41) is 14.4. The highest BCUT2D eigenvalue weighted by molar-refractivity contribution is 7.98. The van der Waals surface area contributed by atoms with Gasteiger partial charge in [-0.05, 0) is 36.9 Å². The molecule has 1 aromatic carbocycles. The van der Waals surface area contributed by atoms with Crippen molar-refractivity contribution in [3.63, 3.8) is 0 Å². The third-order valence-corrected chi connectivity index (χ3v) is 3.59. The molecule has 0 saturated heterocycles. The Morgan fingerprint density at radius 2 is 2.14 bits per heavy atom. The first-order chi connectivity index (χ1) is 10.1. The molecule has 1 unspecified atom stereocenters. The standard InChI is InChI=1S/C14H21N3O3S/c1-3-11(9-21-2)16-13(18)8-20-12-6-4-10(5-7-12)14(15)17-19/h4-7,11,19H,3,8-9H2,1-2H3,(H2,15,17)(H,16,18). The number of hydrogen-bond donors (Lipinski definition) is 3. The molecule has 1 aromatic rings. The number of amides is 1. The van der Waals surface area contributed by atoms with Crippen molar-refractivity contribution in [1.29, 1.82) is 0 Å². The number of hydrogen-bond acceptors (Lipinski definition) is 5. The van der Waals surface area contributed by atoms with E-state index in [4.69, 9.17) is 15.7 Å². The van der Waals surface area contributed by atoms with Crippen LogP contribution < -0.4 is 15.8 Å². The summed E-state index contributed by atoms with van der Waals surface area (Å²) < 4.78 is 5.40. The molecule has 1 rings (SSSR count). The summed E-state index contributed by atoms with van der Waals surface area (Å²) in [6.45, 7) is 2.00. The second-order valence-corrected chi connectivity index (χ2v) is 5.34. The van der Waals surface area contributed by atoms with Crippen molar-refractivity contribution in [2.24, 2.45) is 10.9 Å². The summed E-state index contributed by atoms with van der Waals surface area (Å²) in [5.41, 5.74) is 6.04. The molecule has 0 saturated carbocycles. The number of benzene rings is 1. The average molecular weight is 311 g/mol. The maximum absolute atomic E-state index is 11.8. The van der Waals surface area contributed by atoms with E-state index < -0.39 is 0 Å². The van der Waals surface area contributed by atoms with Gasteiger partial charge in [-0.15, -0.1) is 0 Å². The first kappa shape index (κ1) is 17.2. The van der Waals surface area contributed by atoms with Gasteiger partial charge in [0.25, 0.3) is 5.91 Å². The lowest BCUT2D eigenvalue weighted by Gasteiger charge is -2.16. The summed E-state index contributed by atoms with van der Waals surface area (Å²) in [5.74, 6) is 1.33. The SMILES string of the molecule is CCC(CSC)NC(=O)COc1ccc(/C(N)=N/O)cc1. The Balaban J connectivity index is 2.46. The van der Waals surface area contributed by atoms with E-state index >= 15 is 0 Å². The third kappa shape index (κ3) is 5.95. The summed E-state index contributed by atoms with van der Waals surface area (Å²) in [7, 11) is 0. The number of carbonyl (C=O) groups excluding carboxylic acids is 1. The van der Waals surface area contributed by atoms with Crippen LogP contribution in [-0.2, 0) is 4.79 Å². The molecule has 0 radical (unpaired) electrons. The van der Waals surface area contributed by atoms with Crippen LogP contribution >= 0.6 is 11.8 Å². The van der Waals surface area contributed by atoms with Crippen LogP contribution in [0.4, 0.5) is 0 Å². The maximum Gasteiger partial charge on any atom is 0.258 e. The molecule has 0 bridgehead atoms. The topological polar surface area (TPSA) is 96.9 Å². The van der Waals surface area contributed by atoms with Gasteiger partial charge in [0.05, 0.1) is 0 Å². The van der Waals surface area contributed by atoms with Gasteiger partial charge in [-0.1, -0.05) is 12.1 Å². The number of nitrogens with two attached hydrogens (primary N) is 1. The monoisotopic (exact) mass is 311 g/mol. The number of nitrogens with zero attached hydrogens (tertiary/aromatic N) is 1. The van der Waals surface area contributed by atoms with E-state index in [9.17, 15) is 4.79 Å². The van der Waals surface area contributed by atoms with Gasteiger partial charge in [0.2, 0.25) is 0 Å². The minimum Gasteiger partial charge on any atom is -0.484 e. The van der Waals surface area contributed by atoms with E-state index in [1.807, 2.05) is 13.2 Å². The van der Waals surface area contributed by atoms with E-state index in [1.165, 1.54) is 0 Å². The number of amidine groups is 1. The lowest BCUT2D eigenvalue weighted by atomic mass is 10.2. The van der Waals surface area contributed by atoms with Gasteiger partial charge >= 0.3 is 0 Å². The van der Waals surface area contributed by atoms with Crippen LogP contribution in [0.1, 0.15) is 18.9 Å². The van der Waals surface area contributed by atoms with Crippen molar-refractivity contribution in [2.75, 3.05) is 18.6 Å². The van der Waals surface area contributed by atoms with Crippen molar-refractivity contribution in [3.05, 3.63) is 29.8 Å². The predicted molar refractivity (Wildman–Crippen MR) is 85.1 cm³/mol. The minimum absolute atomic E-state index is 0.0298. The molecule has 0 aliphatic rings. The quantitative estimate of drug-likeness (QED) is 0.292. The first-order valence-corrected chi connectivity index (χ1v) is 7.99. The zero-order valence-electron chi connectivity index (χ0n) is 12.2. The van der Waals surface area contributed by atoms with Crippen LogP contribution in [0.25, 0.3) is 0 Å². The molecular formula is C14H21N3O3S. The molecule has 21 heavy (non-hydrogen) atoms.